The molecule has 1 N–H and O–H groups in total. The monoisotopic (exact) mass is 331 g/mol. The van der Waals surface area contributed by atoms with Gasteiger partial charge in [0.15, 0.2) is 0 Å². The maximum Gasteiger partial charge on any atom is 0.389 e. The van der Waals surface area contributed by atoms with Gasteiger partial charge in [-0.15, -0.1) is 0 Å². The summed E-state index contributed by atoms with van der Waals surface area (Å²) in [5.74, 6) is -0.141. The predicted octanol–water partition coefficient (Wildman–Crippen LogP) is 1.87. The van der Waals surface area contributed by atoms with Crippen molar-refractivity contribution < 1.29 is 18.0 Å². The SMILES string of the molecule is O=C(c1ccc(=O)[nH]c1)N1CCN(CCCCC(F)(F)F)CC1. The first kappa shape index (κ1) is 17.5. The van der Waals surface area contributed by atoms with E-state index in [0.29, 0.717) is 44.7 Å². The highest BCUT2D eigenvalue weighted by atomic mass is 19.4. The van der Waals surface area contributed by atoms with Crippen molar-refractivity contribution in [3.05, 3.63) is 34.2 Å². The number of carbonyl (C=O) groups excluding carboxylic acids is 1. The third-order valence-corrected chi connectivity index (χ3v) is 3.88. The molecule has 0 atom stereocenters. The molecule has 0 saturated carbocycles. The first-order chi connectivity index (χ1) is 10.8. The smallest absolute Gasteiger partial charge is 0.336 e. The van der Waals surface area contributed by atoms with E-state index in [1.165, 1.54) is 18.3 Å². The summed E-state index contributed by atoms with van der Waals surface area (Å²) in [6.07, 6.45) is -2.78. The van der Waals surface area contributed by atoms with Gasteiger partial charge in [0.2, 0.25) is 5.56 Å². The molecule has 1 saturated heterocycles. The zero-order valence-corrected chi connectivity index (χ0v) is 12.7. The molecular weight excluding hydrogens is 311 g/mol. The molecule has 0 radical (unpaired) electrons. The van der Waals surface area contributed by atoms with Crippen molar-refractivity contribution in [2.75, 3.05) is 32.7 Å². The van der Waals surface area contributed by atoms with Crippen LogP contribution in [0.2, 0.25) is 0 Å². The van der Waals surface area contributed by atoms with Crippen molar-refractivity contribution in [1.29, 1.82) is 0 Å². The molecule has 1 aliphatic heterocycles. The Hall–Kier alpha value is -1.83. The minimum Gasteiger partial charge on any atom is -0.336 e. The number of nitrogens with one attached hydrogen (secondary N) is 1. The van der Waals surface area contributed by atoms with E-state index in [1.54, 1.807) is 4.90 Å². The summed E-state index contributed by atoms with van der Waals surface area (Å²) in [7, 11) is 0. The molecule has 2 rings (SSSR count). The maximum absolute atomic E-state index is 12.2. The van der Waals surface area contributed by atoms with Crippen molar-refractivity contribution in [1.82, 2.24) is 14.8 Å². The van der Waals surface area contributed by atoms with Gasteiger partial charge in [0.25, 0.3) is 5.91 Å². The number of carbonyl (C=O) groups is 1. The van der Waals surface area contributed by atoms with Gasteiger partial charge in [0.1, 0.15) is 0 Å². The number of hydrogen-bond acceptors (Lipinski definition) is 3. The lowest BCUT2D eigenvalue weighted by Gasteiger charge is -2.34. The van der Waals surface area contributed by atoms with Crippen molar-refractivity contribution in [2.24, 2.45) is 0 Å². The Morgan fingerprint density at radius 1 is 1.13 bits per heavy atom. The number of unbranched alkanes of at least 4 members (excludes halogenated alkanes) is 1. The van der Waals surface area contributed by atoms with E-state index in [2.05, 4.69) is 9.88 Å². The van der Waals surface area contributed by atoms with E-state index in [4.69, 9.17) is 0 Å². The molecule has 1 fully saturated rings. The van der Waals surface area contributed by atoms with Gasteiger partial charge < -0.3 is 9.88 Å². The number of hydrogen-bond donors (Lipinski definition) is 1. The van der Waals surface area contributed by atoms with Crippen molar-refractivity contribution in [3.63, 3.8) is 0 Å². The number of H-pyrrole nitrogens is 1. The molecule has 0 aromatic carbocycles. The Morgan fingerprint density at radius 3 is 2.39 bits per heavy atom. The van der Waals surface area contributed by atoms with Crippen LogP contribution in [0.4, 0.5) is 13.2 Å². The van der Waals surface area contributed by atoms with E-state index >= 15 is 0 Å². The van der Waals surface area contributed by atoms with Gasteiger partial charge in [0, 0.05) is 44.9 Å². The van der Waals surface area contributed by atoms with Crippen LogP contribution in [-0.2, 0) is 0 Å². The van der Waals surface area contributed by atoms with E-state index in [1.807, 2.05) is 0 Å². The Balaban J connectivity index is 1.72. The topological polar surface area (TPSA) is 56.4 Å². The number of aromatic amines is 1. The highest BCUT2D eigenvalue weighted by Crippen LogP contribution is 2.22. The third-order valence-electron chi connectivity index (χ3n) is 3.88. The highest BCUT2D eigenvalue weighted by molar-refractivity contribution is 5.93. The summed E-state index contributed by atoms with van der Waals surface area (Å²) < 4.78 is 36.2. The molecule has 1 aromatic heterocycles. The second-order valence-corrected chi connectivity index (χ2v) is 5.65. The molecule has 5 nitrogen and oxygen atoms in total. The average Bonchev–Trinajstić information content (AvgIpc) is 2.51. The molecule has 8 heteroatoms. The fraction of sp³-hybridized carbons (Fsp3) is 0.600. The Bertz CT molecular complexity index is 558. The molecule has 1 amide bonds. The number of amides is 1. The Labute approximate surface area is 132 Å². The summed E-state index contributed by atoms with van der Waals surface area (Å²) in [6, 6.07) is 2.80. The Morgan fingerprint density at radius 2 is 1.83 bits per heavy atom. The standard InChI is InChI=1S/C15H20F3N3O2/c16-15(17,18)5-1-2-6-20-7-9-21(10-8-20)14(23)12-3-4-13(22)19-11-12/h3-4,11H,1-2,5-10H2,(H,19,22). The number of pyridine rings is 1. The van der Waals surface area contributed by atoms with Crippen molar-refractivity contribution in [2.45, 2.75) is 25.4 Å². The second kappa shape index (κ2) is 7.63. The van der Waals surface area contributed by atoms with Crippen LogP contribution in [0.15, 0.2) is 23.1 Å². The highest BCUT2D eigenvalue weighted by Gasteiger charge is 2.26. The van der Waals surface area contributed by atoms with Crippen molar-refractivity contribution >= 4 is 5.91 Å². The van der Waals surface area contributed by atoms with Gasteiger partial charge >= 0.3 is 6.18 Å². The zero-order valence-electron chi connectivity index (χ0n) is 12.7. The van der Waals surface area contributed by atoms with E-state index in [-0.39, 0.29) is 17.9 Å². The zero-order chi connectivity index (χ0) is 16.9. The second-order valence-electron chi connectivity index (χ2n) is 5.65. The van der Waals surface area contributed by atoms with Crippen LogP contribution in [0.3, 0.4) is 0 Å². The predicted molar refractivity (Wildman–Crippen MR) is 79.3 cm³/mol. The van der Waals surface area contributed by atoms with Crippen LogP contribution >= 0.6 is 0 Å². The van der Waals surface area contributed by atoms with Gasteiger partial charge in [-0.25, -0.2) is 0 Å². The third kappa shape index (κ3) is 5.70. The normalized spacial score (nSPS) is 16.6. The number of alkyl halides is 3. The molecule has 0 aliphatic carbocycles. The first-order valence-electron chi connectivity index (χ1n) is 7.62. The average molecular weight is 331 g/mol. The lowest BCUT2D eigenvalue weighted by molar-refractivity contribution is -0.135. The number of halogens is 3. The largest absolute Gasteiger partial charge is 0.389 e. The fourth-order valence-corrected chi connectivity index (χ4v) is 2.56. The van der Waals surface area contributed by atoms with Crippen LogP contribution < -0.4 is 5.56 Å². The number of rotatable bonds is 5. The summed E-state index contributed by atoms with van der Waals surface area (Å²) in [6.45, 7) is 3.01. The first-order valence-corrected chi connectivity index (χ1v) is 7.62. The molecule has 0 unspecified atom stereocenters. The quantitative estimate of drug-likeness (QED) is 0.838. The summed E-state index contributed by atoms with van der Waals surface area (Å²) in [4.78, 5) is 29.5. The molecule has 128 valence electrons. The summed E-state index contributed by atoms with van der Waals surface area (Å²) >= 11 is 0. The molecular formula is C15H20F3N3O2. The van der Waals surface area contributed by atoms with Gasteiger partial charge in [-0.1, -0.05) is 0 Å². The minimum absolute atomic E-state index is 0.139. The van der Waals surface area contributed by atoms with Gasteiger partial charge in [0.05, 0.1) is 5.56 Å². The molecule has 1 aromatic rings. The maximum atomic E-state index is 12.2. The van der Waals surface area contributed by atoms with Crippen LogP contribution in [0.5, 0.6) is 0 Å². The summed E-state index contributed by atoms with van der Waals surface area (Å²) in [5, 5.41) is 0. The van der Waals surface area contributed by atoms with E-state index < -0.39 is 12.6 Å². The fourth-order valence-electron chi connectivity index (χ4n) is 2.56. The number of nitrogens with zero attached hydrogens (tertiary/aromatic N) is 2. The van der Waals surface area contributed by atoms with Crippen LogP contribution in [0, 0.1) is 0 Å². The van der Waals surface area contributed by atoms with E-state index in [9.17, 15) is 22.8 Å². The minimum atomic E-state index is -4.08. The lowest BCUT2D eigenvalue weighted by Crippen LogP contribution is -2.48. The van der Waals surface area contributed by atoms with E-state index in [0.717, 1.165) is 0 Å². The molecule has 2 heterocycles. The molecule has 0 bridgehead atoms. The summed E-state index contributed by atoms with van der Waals surface area (Å²) in [5.41, 5.74) is 0.174. The van der Waals surface area contributed by atoms with Gasteiger partial charge in [-0.05, 0) is 25.5 Å². The molecule has 23 heavy (non-hydrogen) atoms. The number of aromatic nitrogens is 1. The Kier molecular flexibility index (Phi) is 5.81. The van der Waals surface area contributed by atoms with Crippen LogP contribution in [0.1, 0.15) is 29.6 Å². The van der Waals surface area contributed by atoms with Gasteiger partial charge in [-0.2, -0.15) is 13.2 Å². The van der Waals surface area contributed by atoms with Crippen LogP contribution in [-0.4, -0.2) is 59.6 Å². The van der Waals surface area contributed by atoms with Gasteiger partial charge in [-0.3, -0.25) is 14.5 Å². The van der Waals surface area contributed by atoms with Crippen LogP contribution in [0.25, 0.3) is 0 Å². The number of piperazine rings is 1. The molecule has 1 aliphatic rings. The van der Waals surface area contributed by atoms with Crippen molar-refractivity contribution in [3.8, 4) is 0 Å². The lowest BCUT2D eigenvalue weighted by atomic mass is 10.2. The molecule has 0 spiro atoms.